The van der Waals surface area contributed by atoms with Crippen LogP contribution in [0.15, 0.2) is 18.3 Å². The molecule has 1 amide bonds. The van der Waals surface area contributed by atoms with Gasteiger partial charge in [0.15, 0.2) is 0 Å². The van der Waals surface area contributed by atoms with E-state index in [4.69, 9.17) is 9.84 Å². The Bertz CT molecular complexity index is 475. The van der Waals surface area contributed by atoms with E-state index < -0.39 is 5.97 Å². The summed E-state index contributed by atoms with van der Waals surface area (Å²) >= 11 is 0. The zero-order chi connectivity index (χ0) is 13.1. The number of nitrogens with one attached hydrogen (secondary N) is 1. The van der Waals surface area contributed by atoms with Gasteiger partial charge in [-0.15, -0.1) is 0 Å². The Hall–Kier alpha value is -1.95. The third-order valence-electron chi connectivity index (χ3n) is 2.83. The Morgan fingerprint density at radius 1 is 1.56 bits per heavy atom. The first-order valence-electron chi connectivity index (χ1n) is 5.68. The van der Waals surface area contributed by atoms with Crippen LogP contribution in [0.4, 0.5) is 5.82 Å². The van der Waals surface area contributed by atoms with Gasteiger partial charge in [-0.1, -0.05) is 0 Å². The van der Waals surface area contributed by atoms with Crippen LogP contribution in [0.5, 0.6) is 0 Å². The highest BCUT2D eigenvalue weighted by atomic mass is 16.5. The van der Waals surface area contributed by atoms with Crippen LogP contribution in [-0.4, -0.2) is 34.7 Å². The van der Waals surface area contributed by atoms with Crippen LogP contribution in [0.1, 0.15) is 23.7 Å². The summed E-state index contributed by atoms with van der Waals surface area (Å²) in [5.41, 5.74) is 0.0938. The van der Waals surface area contributed by atoms with E-state index in [1.807, 2.05) is 6.92 Å². The fourth-order valence-corrected chi connectivity index (χ4v) is 1.86. The highest BCUT2D eigenvalue weighted by Gasteiger charge is 2.28. The number of carboxylic acids is 1. The number of rotatable bonds is 3. The van der Waals surface area contributed by atoms with E-state index in [-0.39, 0.29) is 29.3 Å². The standard InChI is InChI=1S/C12H14N2O4/c1-7-4-9(6-18-7)11(15)14-10-5-8(12(16)17)2-3-13-10/h2-3,5,7,9H,4,6H2,1H3,(H,16,17)(H,13,14,15). The van der Waals surface area contributed by atoms with Gasteiger partial charge in [0.05, 0.1) is 24.2 Å². The van der Waals surface area contributed by atoms with Gasteiger partial charge in [-0.2, -0.15) is 0 Å². The first-order valence-corrected chi connectivity index (χ1v) is 5.68. The molecule has 1 saturated heterocycles. The SMILES string of the molecule is CC1CC(C(=O)Nc2cc(C(=O)O)ccn2)CO1. The van der Waals surface area contributed by atoms with Crippen molar-refractivity contribution >= 4 is 17.7 Å². The summed E-state index contributed by atoms with van der Waals surface area (Å²) in [6.45, 7) is 2.31. The first kappa shape index (κ1) is 12.5. The Morgan fingerprint density at radius 2 is 2.33 bits per heavy atom. The molecule has 2 unspecified atom stereocenters. The van der Waals surface area contributed by atoms with Gasteiger partial charge in [-0.05, 0) is 25.5 Å². The lowest BCUT2D eigenvalue weighted by Crippen LogP contribution is -2.23. The van der Waals surface area contributed by atoms with Crippen LogP contribution in [0, 0.1) is 5.92 Å². The summed E-state index contributed by atoms with van der Waals surface area (Å²) in [6.07, 6.45) is 2.11. The number of ether oxygens (including phenoxy) is 1. The van der Waals surface area contributed by atoms with Gasteiger partial charge in [-0.3, -0.25) is 4.79 Å². The molecular weight excluding hydrogens is 236 g/mol. The maximum absolute atomic E-state index is 11.9. The van der Waals surface area contributed by atoms with Gasteiger partial charge < -0.3 is 15.2 Å². The van der Waals surface area contributed by atoms with E-state index in [1.165, 1.54) is 18.3 Å². The number of carbonyl (C=O) groups excluding carboxylic acids is 1. The molecule has 6 heteroatoms. The predicted octanol–water partition coefficient (Wildman–Crippen LogP) is 1.14. The number of hydrogen-bond donors (Lipinski definition) is 2. The van der Waals surface area contributed by atoms with Crippen molar-refractivity contribution in [2.45, 2.75) is 19.4 Å². The van der Waals surface area contributed by atoms with Crippen molar-refractivity contribution in [2.24, 2.45) is 5.92 Å². The van der Waals surface area contributed by atoms with Crippen molar-refractivity contribution in [3.63, 3.8) is 0 Å². The van der Waals surface area contributed by atoms with Gasteiger partial charge in [0.2, 0.25) is 5.91 Å². The number of carbonyl (C=O) groups is 2. The average Bonchev–Trinajstić information content (AvgIpc) is 2.76. The molecule has 1 aliphatic rings. The Labute approximate surface area is 104 Å². The molecule has 0 bridgehead atoms. The Balaban J connectivity index is 2.03. The maximum Gasteiger partial charge on any atom is 0.335 e. The molecule has 0 saturated carbocycles. The first-order chi connectivity index (χ1) is 8.56. The van der Waals surface area contributed by atoms with Gasteiger partial charge in [0.25, 0.3) is 0 Å². The summed E-state index contributed by atoms with van der Waals surface area (Å²) < 4.78 is 5.31. The van der Waals surface area contributed by atoms with E-state index in [1.54, 1.807) is 0 Å². The quantitative estimate of drug-likeness (QED) is 0.839. The fraction of sp³-hybridized carbons (Fsp3) is 0.417. The molecule has 2 rings (SSSR count). The lowest BCUT2D eigenvalue weighted by Gasteiger charge is -2.08. The minimum absolute atomic E-state index is 0.0825. The molecule has 0 radical (unpaired) electrons. The third kappa shape index (κ3) is 2.84. The van der Waals surface area contributed by atoms with Crippen LogP contribution in [0.3, 0.4) is 0 Å². The minimum Gasteiger partial charge on any atom is -0.478 e. The molecule has 6 nitrogen and oxygen atoms in total. The molecule has 2 N–H and O–H groups in total. The van der Waals surface area contributed by atoms with Crippen molar-refractivity contribution in [3.8, 4) is 0 Å². The van der Waals surface area contributed by atoms with E-state index in [0.717, 1.165) is 0 Å². The fourth-order valence-electron chi connectivity index (χ4n) is 1.86. The maximum atomic E-state index is 11.9. The number of hydrogen-bond acceptors (Lipinski definition) is 4. The molecule has 0 aromatic carbocycles. The number of pyridine rings is 1. The zero-order valence-electron chi connectivity index (χ0n) is 9.92. The second-order valence-corrected chi connectivity index (χ2v) is 4.30. The van der Waals surface area contributed by atoms with Crippen molar-refractivity contribution in [1.82, 2.24) is 4.98 Å². The molecular formula is C12H14N2O4. The lowest BCUT2D eigenvalue weighted by molar-refractivity contribution is -0.119. The van der Waals surface area contributed by atoms with E-state index in [0.29, 0.717) is 13.0 Å². The number of amides is 1. The van der Waals surface area contributed by atoms with Crippen LogP contribution in [-0.2, 0) is 9.53 Å². The van der Waals surface area contributed by atoms with Crippen LogP contribution in [0.2, 0.25) is 0 Å². The van der Waals surface area contributed by atoms with Crippen molar-refractivity contribution in [3.05, 3.63) is 23.9 Å². The van der Waals surface area contributed by atoms with Crippen molar-refractivity contribution < 1.29 is 19.4 Å². The molecule has 1 aromatic heterocycles. The van der Waals surface area contributed by atoms with Crippen LogP contribution in [0.25, 0.3) is 0 Å². The average molecular weight is 250 g/mol. The molecule has 0 aliphatic carbocycles. The normalized spacial score (nSPS) is 22.7. The number of aromatic carboxylic acids is 1. The summed E-state index contributed by atoms with van der Waals surface area (Å²) in [7, 11) is 0. The highest BCUT2D eigenvalue weighted by Crippen LogP contribution is 2.20. The largest absolute Gasteiger partial charge is 0.478 e. The summed E-state index contributed by atoms with van der Waals surface area (Å²) in [5, 5.41) is 11.4. The Morgan fingerprint density at radius 3 is 2.94 bits per heavy atom. The summed E-state index contributed by atoms with van der Waals surface area (Å²) in [5.74, 6) is -1.19. The summed E-state index contributed by atoms with van der Waals surface area (Å²) in [4.78, 5) is 26.6. The predicted molar refractivity (Wildman–Crippen MR) is 63.3 cm³/mol. The molecule has 1 aromatic rings. The molecule has 2 atom stereocenters. The number of anilines is 1. The van der Waals surface area contributed by atoms with Gasteiger partial charge >= 0.3 is 5.97 Å². The van der Waals surface area contributed by atoms with Crippen LogP contribution >= 0.6 is 0 Å². The lowest BCUT2D eigenvalue weighted by atomic mass is 10.1. The molecule has 1 fully saturated rings. The second-order valence-electron chi connectivity index (χ2n) is 4.30. The number of nitrogens with zero attached hydrogens (tertiary/aromatic N) is 1. The van der Waals surface area contributed by atoms with Crippen molar-refractivity contribution in [2.75, 3.05) is 11.9 Å². The van der Waals surface area contributed by atoms with E-state index in [9.17, 15) is 9.59 Å². The third-order valence-corrected chi connectivity index (χ3v) is 2.83. The van der Waals surface area contributed by atoms with Gasteiger partial charge in [-0.25, -0.2) is 9.78 Å². The number of aromatic nitrogens is 1. The topological polar surface area (TPSA) is 88.5 Å². The highest BCUT2D eigenvalue weighted by molar-refractivity contribution is 5.94. The van der Waals surface area contributed by atoms with Gasteiger partial charge in [0.1, 0.15) is 5.82 Å². The second kappa shape index (κ2) is 5.14. The van der Waals surface area contributed by atoms with E-state index in [2.05, 4.69) is 10.3 Å². The molecule has 0 spiro atoms. The monoisotopic (exact) mass is 250 g/mol. The molecule has 1 aliphatic heterocycles. The van der Waals surface area contributed by atoms with Crippen LogP contribution < -0.4 is 5.32 Å². The smallest absolute Gasteiger partial charge is 0.335 e. The number of carboxylic acid groups (broad SMARTS) is 1. The molecule has 18 heavy (non-hydrogen) atoms. The minimum atomic E-state index is -1.05. The van der Waals surface area contributed by atoms with E-state index >= 15 is 0 Å². The molecule has 2 heterocycles. The van der Waals surface area contributed by atoms with Crippen molar-refractivity contribution in [1.29, 1.82) is 0 Å². The Kier molecular flexibility index (Phi) is 3.57. The van der Waals surface area contributed by atoms with Gasteiger partial charge in [0, 0.05) is 6.20 Å². The summed E-state index contributed by atoms with van der Waals surface area (Å²) in [6, 6.07) is 2.71. The molecule has 96 valence electrons. The zero-order valence-corrected chi connectivity index (χ0v) is 9.92.